The Bertz CT molecular complexity index is 271. The average Bonchev–Trinajstić information content (AvgIpc) is 2.16. The fraction of sp³-hybridized carbons (Fsp3) is 0.750. The number of amides is 2. The van der Waals surface area contributed by atoms with E-state index < -0.39 is 30.7 Å². The maximum absolute atomic E-state index is 12.6. The average molecular weight is 244 g/mol. The molecule has 0 atom stereocenters. The van der Waals surface area contributed by atoms with Crippen molar-refractivity contribution < 1.29 is 27.2 Å². The van der Waals surface area contributed by atoms with E-state index in [2.05, 4.69) is 5.32 Å². The van der Waals surface area contributed by atoms with Crippen molar-refractivity contribution in [3.05, 3.63) is 0 Å². The van der Waals surface area contributed by atoms with Crippen molar-refractivity contribution in [3.63, 3.8) is 0 Å². The van der Waals surface area contributed by atoms with Gasteiger partial charge in [-0.3, -0.25) is 9.59 Å². The molecule has 0 heterocycles. The van der Waals surface area contributed by atoms with Crippen LogP contribution in [0.2, 0.25) is 0 Å². The summed E-state index contributed by atoms with van der Waals surface area (Å²) in [6, 6.07) is 0. The lowest BCUT2D eigenvalue weighted by Gasteiger charge is -2.22. The first kappa shape index (κ1) is 14.7. The molecule has 0 aliphatic heterocycles. The zero-order chi connectivity index (χ0) is 12.9. The number of halogens is 4. The molecule has 0 rings (SSSR count). The van der Waals surface area contributed by atoms with Crippen molar-refractivity contribution >= 4 is 11.8 Å². The van der Waals surface area contributed by atoms with Gasteiger partial charge in [0.2, 0.25) is 5.91 Å². The van der Waals surface area contributed by atoms with Crippen LogP contribution in [-0.2, 0) is 9.59 Å². The van der Waals surface area contributed by atoms with Crippen LogP contribution in [0, 0.1) is 0 Å². The SMILES string of the molecule is CCNC(=O)CN(C)C(=O)C(F)(F)C(F)F. The highest BCUT2D eigenvalue weighted by Gasteiger charge is 2.50. The predicted octanol–water partition coefficient (Wildman–Crippen LogP) is 0.481. The topological polar surface area (TPSA) is 49.4 Å². The molecule has 0 saturated heterocycles. The van der Waals surface area contributed by atoms with Crippen molar-refractivity contribution in [2.45, 2.75) is 19.3 Å². The van der Waals surface area contributed by atoms with Gasteiger partial charge >= 0.3 is 12.3 Å². The third kappa shape index (κ3) is 3.67. The summed E-state index contributed by atoms with van der Waals surface area (Å²) in [5.74, 6) is -7.53. The molecule has 94 valence electrons. The van der Waals surface area contributed by atoms with E-state index in [4.69, 9.17) is 0 Å². The first-order chi connectivity index (χ1) is 7.23. The monoisotopic (exact) mass is 244 g/mol. The van der Waals surface area contributed by atoms with Gasteiger partial charge in [0, 0.05) is 13.6 Å². The highest BCUT2D eigenvalue weighted by atomic mass is 19.3. The summed E-state index contributed by atoms with van der Waals surface area (Å²) in [7, 11) is 0.855. The molecular formula is C8H12F4N2O2. The summed E-state index contributed by atoms with van der Waals surface area (Å²) in [6.45, 7) is 1.16. The van der Waals surface area contributed by atoms with E-state index in [0.717, 1.165) is 7.05 Å². The molecule has 0 aliphatic carbocycles. The van der Waals surface area contributed by atoms with Crippen molar-refractivity contribution in [3.8, 4) is 0 Å². The quantitative estimate of drug-likeness (QED) is 0.715. The van der Waals surface area contributed by atoms with E-state index in [9.17, 15) is 27.2 Å². The molecule has 0 bridgehead atoms. The van der Waals surface area contributed by atoms with E-state index in [1.165, 1.54) is 0 Å². The van der Waals surface area contributed by atoms with Gasteiger partial charge in [-0.05, 0) is 6.92 Å². The van der Waals surface area contributed by atoms with E-state index in [-0.39, 0.29) is 11.4 Å². The number of carbonyl (C=O) groups is 2. The first-order valence-corrected chi connectivity index (χ1v) is 4.41. The maximum Gasteiger partial charge on any atom is 0.383 e. The van der Waals surface area contributed by atoms with Crippen molar-refractivity contribution in [1.82, 2.24) is 10.2 Å². The molecule has 8 heteroatoms. The molecule has 0 fully saturated rings. The first-order valence-electron chi connectivity index (χ1n) is 4.41. The maximum atomic E-state index is 12.6. The lowest BCUT2D eigenvalue weighted by molar-refractivity contribution is -0.179. The van der Waals surface area contributed by atoms with Crippen LogP contribution in [0.3, 0.4) is 0 Å². The molecule has 2 amide bonds. The van der Waals surface area contributed by atoms with Gasteiger partial charge in [-0.1, -0.05) is 0 Å². The van der Waals surface area contributed by atoms with E-state index in [0.29, 0.717) is 0 Å². The normalized spacial score (nSPS) is 11.4. The lowest BCUT2D eigenvalue weighted by atomic mass is 10.3. The summed E-state index contributed by atoms with van der Waals surface area (Å²) in [5, 5.41) is 2.25. The van der Waals surface area contributed by atoms with Crippen LogP contribution < -0.4 is 5.32 Å². The van der Waals surface area contributed by atoms with Crippen LogP contribution in [0.4, 0.5) is 17.6 Å². The number of nitrogens with one attached hydrogen (secondary N) is 1. The largest absolute Gasteiger partial charge is 0.383 e. The molecule has 4 nitrogen and oxygen atoms in total. The molecule has 1 N–H and O–H groups in total. The highest BCUT2D eigenvalue weighted by Crippen LogP contribution is 2.24. The minimum Gasteiger partial charge on any atom is -0.355 e. The molecular weight excluding hydrogens is 232 g/mol. The minimum atomic E-state index is -4.76. The fourth-order valence-electron chi connectivity index (χ4n) is 0.888. The van der Waals surface area contributed by atoms with Crippen LogP contribution in [0.25, 0.3) is 0 Å². The standard InChI is InChI=1S/C8H12F4N2O2/c1-3-13-5(15)4-14(2)7(16)8(11,12)6(9)10/h6H,3-4H2,1-2H3,(H,13,15). The van der Waals surface area contributed by atoms with Gasteiger partial charge in [0.25, 0.3) is 5.91 Å². The second kappa shape index (κ2) is 5.66. The zero-order valence-electron chi connectivity index (χ0n) is 8.77. The Morgan fingerprint density at radius 3 is 2.25 bits per heavy atom. The molecule has 0 aromatic heterocycles. The van der Waals surface area contributed by atoms with Crippen molar-refractivity contribution in [2.24, 2.45) is 0 Å². The van der Waals surface area contributed by atoms with Crippen molar-refractivity contribution in [2.75, 3.05) is 20.1 Å². The van der Waals surface area contributed by atoms with Gasteiger partial charge in [0.05, 0.1) is 6.54 Å². The third-order valence-electron chi connectivity index (χ3n) is 1.66. The summed E-state index contributed by atoms with van der Waals surface area (Å²) in [4.78, 5) is 22.0. The number of alkyl halides is 4. The van der Waals surface area contributed by atoms with Gasteiger partial charge in [0.1, 0.15) is 0 Å². The molecule has 0 radical (unpaired) electrons. The molecule has 0 unspecified atom stereocenters. The third-order valence-corrected chi connectivity index (χ3v) is 1.66. The number of likely N-dealkylation sites (N-methyl/N-ethyl adjacent to an activating group) is 2. The summed E-state index contributed by atoms with van der Waals surface area (Å²) < 4.78 is 48.7. The Hall–Kier alpha value is -1.34. The van der Waals surface area contributed by atoms with Crippen LogP contribution in [0.5, 0.6) is 0 Å². The van der Waals surface area contributed by atoms with Crippen LogP contribution in [0.15, 0.2) is 0 Å². The summed E-state index contributed by atoms with van der Waals surface area (Å²) in [6.07, 6.45) is -4.09. The summed E-state index contributed by atoms with van der Waals surface area (Å²) in [5.41, 5.74) is 0. The number of hydrogen-bond donors (Lipinski definition) is 1. The molecule has 0 aromatic carbocycles. The number of hydrogen-bond acceptors (Lipinski definition) is 2. The van der Waals surface area contributed by atoms with E-state index in [1.807, 2.05) is 0 Å². The Morgan fingerprint density at radius 1 is 1.38 bits per heavy atom. The molecule has 0 saturated carbocycles. The predicted molar refractivity (Wildman–Crippen MR) is 47.3 cm³/mol. The minimum absolute atomic E-state index is 0.256. The van der Waals surface area contributed by atoms with Gasteiger partial charge in [-0.2, -0.15) is 8.78 Å². The van der Waals surface area contributed by atoms with Gasteiger partial charge in [-0.25, -0.2) is 8.78 Å². The van der Waals surface area contributed by atoms with Gasteiger partial charge in [-0.15, -0.1) is 0 Å². The molecule has 0 aliphatic rings. The molecule has 0 aromatic rings. The van der Waals surface area contributed by atoms with E-state index in [1.54, 1.807) is 6.92 Å². The zero-order valence-corrected chi connectivity index (χ0v) is 8.77. The number of carbonyl (C=O) groups excluding carboxylic acids is 2. The second-order valence-electron chi connectivity index (χ2n) is 3.04. The van der Waals surface area contributed by atoms with Gasteiger partial charge < -0.3 is 10.2 Å². The molecule has 16 heavy (non-hydrogen) atoms. The molecule has 0 spiro atoms. The summed E-state index contributed by atoms with van der Waals surface area (Å²) >= 11 is 0. The highest BCUT2D eigenvalue weighted by molar-refractivity contribution is 5.88. The number of rotatable bonds is 5. The Balaban J connectivity index is 4.45. The Kier molecular flexibility index (Phi) is 5.19. The van der Waals surface area contributed by atoms with Crippen LogP contribution in [0.1, 0.15) is 6.92 Å². The number of nitrogens with zero attached hydrogens (tertiary/aromatic N) is 1. The van der Waals surface area contributed by atoms with E-state index >= 15 is 0 Å². The Labute approximate surface area is 89.6 Å². The van der Waals surface area contributed by atoms with Crippen LogP contribution in [-0.4, -0.2) is 49.2 Å². The fourth-order valence-corrected chi connectivity index (χ4v) is 0.888. The smallest absolute Gasteiger partial charge is 0.355 e. The van der Waals surface area contributed by atoms with Crippen LogP contribution >= 0.6 is 0 Å². The Morgan fingerprint density at radius 2 is 1.88 bits per heavy atom. The van der Waals surface area contributed by atoms with Gasteiger partial charge in [0.15, 0.2) is 0 Å². The van der Waals surface area contributed by atoms with Crippen molar-refractivity contribution in [1.29, 1.82) is 0 Å². The lowest BCUT2D eigenvalue weighted by Crippen LogP contribution is -2.49. The second-order valence-corrected chi connectivity index (χ2v) is 3.04.